The molecule has 1 heterocycles. The van der Waals surface area contributed by atoms with Crippen LogP contribution in [0.2, 0.25) is 0 Å². The van der Waals surface area contributed by atoms with E-state index in [1.807, 2.05) is 0 Å². The van der Waals surface area contributed by atoms with Gasteiger partial charge in [-0.05, 0) is 6.07 Å². The number of rotatable bonds is 3. The summed E-state index contributed by atoms with van der Waals surface area (Å²) in [5.41, 5.74) is 0.590. The first-order chi connectivity index (χ1) is 7.31. The fourth-order valence-electron chi connectivity index (χ4n) is 1.41. The van der Waals surface area contributed by atoms with Gasteiger partial charge in [0.05, 0.1) is 20.0 Å². The van der Waals surface area contributed by atoms with Gasteiger partial charge in [0.1, 0.15) is 0 Å². The summed E-state index contributed by atoms with van der Waals surface area (Å²) < 4.78 is 20.4. The summed E-state index contributed by atoms with van der Waals surface area (Å²) in [6.45, 7) is 0.461. The average molecular weight is 206 g/mol. The van der Waals surface area contributed by atoms with Crippen LogP contribution in [0, 0.1) is 5.82 Å². The van der Waals surface area contributed by atoms with E-state index < -0.39 is 0 Å². The summed E-state index contributed by atoms with van der Waals surface area (Å²) in [5.74, 6) is -0.0404. The number of halogens is 1. The fourth-order valence-corrected chi connectivity index (χ4v) is 1.41. The van der Waals surface area contributed by atoms with Crippen molar-refractivity contribution in [1.29, 1.82) is 0 Å². The molecule has 78 valence electrons. The van der Waals surface area contributed by atoms with Crippen LogP contribution < -0.4 is 4.74 Å². The minimum atomic E-state index is -0.311. The first-order valence-corrected chi connectivity index (χ1v) is 4.58. The summed E-state index contributed by atoms with van der Waals surface area (Å²) in [7, 11) is 1.46. The van der Waals surface area contributed by atoms with Gasteiger partial charge in [0.15, 0.2) is 11.6 Å². The van der Waals surface area contributed by atoms with E-state index >= 15 is 0 Å². The SMILES string of the molecule is COc1cccc(Cn2ccnc2)c1F. The molecule has 3 nitrogen and oxygen atoms in total. The van der Waals surface area contributed by atoms with Crippen LogP contribution in [0.4, 0.5) is 4.39 Å². The Balaban J connectivity index is 2.29. The Bertz CT molecular complexity index is 440. The van der Waals surface area contributed by atoms with Gasteiger partial charge in [-0.1, -0.05) is 12.1 Å². The number of methoxy groups -OCH3 is 1. The van der Waals surface area contributed by atoms with E-state index in [1.165, 1.54) is 7.11 Å². The van der Waals surface area contributed by atoms with E-state index in [0.717, 1.165) is 0 Å². The van der Waals surface area contributed by atoms with E-state index in [4.69, 9.17) is 4.74 Å². The highest BCUT2D eigenvalue weighted by molar-refractivity contribution is 5.31. The van der Waals surface area contributed by atoms with Gasteiger partial charge in [-0.3, -0.25) is 0 Å². The second-order valence-electron chi connectivity index (χ2n) is 3.17. The van der Waals surface area contributed by atoms with Gasteiger partial charge in [0.25, 0.3) is 0 Å². The highest BCUT2D eigenvalue weighted by atomic mass is 19.1. The molecule has 0 aliphatic carbocycles. The molecule has 0 amide bonds. The number of hydrogen-bond donors (Lipinski definition) is 0. The molecule has 2 aromatic rings. The summed E-state index contributed by atoms with van der Waals surface area (Å²) in [6, 6.07) is 5.11. The molecule has 0 fully saturated rings. The zero-order chi connectivity index (χ0) is 10.7. The second kappa shape index (κ2) is 4.13. The first kappa shape index (κ1) is 9.71. The zero-order valence-corrected chi connectivity index (χ0v) is 8.35. The van der Waals surface area contributed by atoms with Crippen molar-refractivity contribution in [1.82, 2.24) is 9.55 Å². The van der Waals surface area contributed by atoms with Gasteiger partial charge in [0, 0.05) is 18.0 Å². The minimum Gasteiger partial charge on any atom is -0.494 e. The van der Waals surface area contributed by atoms with Crippen molar-refractivity contribution >= 4 is 0 Å². The Hall–Kier alpha value is -1.84. The van der Waals surface area contributed by atoms with E-state index in [9.17, 15) is 4.39 Å². The van der Waals surface area contributed by atoms with Crippen LogP contribution >= 0.6 is 0 Å². The molecule has 0 bridgehead atoms. The molecule has 0 radical (unpaired) electrons. The predicted molar refractivity (Wildman–Crippen MR) is 54.3 cm³/mol. The Morgan fingerprint density at radius 3 is 3.00 bits per heavy atom. The number of aromatic nitrogens is 2. The quantitative estimate of drug-likeness (QED) is 0.768. The molecule has 0 N–H and O–H groups in total. The minimum absolute atomic E-state index is 0.271. The monoisotopic (exact) mass is 206 g/mol. The topological polar surface area (TPSA) is 27.1 Å². The third-order valence-electron chi connectivity index (χ3n) is 2.18. The lowest BCUT2D eigenvalue weighted by Gasteiger charge is -2.07. The number of hydrogen-bond acceptors (Lipinski definition) is 2. The van der Waals surface area contributed by atoms with Crippen LogP contribution in [0.3, 0.4) is 0 Å². The van der Waals surface area contributed by atoms with Crippen LogP contribution in [-0.4, -0.2) is 16.7 Å². The summed E-state index contributed by atoms with van der Waals surface area (Å²) in [4.78, 5) is 3.90. The van der Waals surface area contributed by atoms with Gasteiger partial charge < -0.3 is 9.30 Å². The highest BCUT2D eigenvalue weighted by Gasteiger charge is 2.07. The van der Waals surface area contributed by atoms with Crippen LogP contribution in [-0.2, 0) is 6.54 Å². The van der Waals surface area contributed by atoms with E-state index in [1.54, 1.807) is 41.5 Å². The van der Waals surface area contributed by atoms with Gasteiger partial charge >= 0.3 is 0 Å². The lowest BCUT2D eigenvalue weighted by molar-refractivity contribution is 0.383. The van der Waals surface area contributed by atoms with E-state index in [2.05, 4.69) is 4.98 Å². The van der Waals surface area contributed by atoms with Crippen molar-refractivity contribution in [3.63, 3.8) is 0 Å². The van der Waals surface area contributed by atoms with E-state index in [-0.39, 0.29) is 11.6 Å². The van der Waals surface area contributed by atoms with E-state index in [0.29, 0.717) is 12.1 Å². The van der Waals surface area contributed by atoms with Gasteiger partial charge in [-0.15, -0.1) is 0 Å². The maximum atomic E-state index is 13.7. The van der Waals surface area contributed by atoms with Crippen molar-refractivity contribution in [2.45, 2.75) is 6.54 Å². The highest BCUT2D eigenvalue weighted by Crippen LogP contribution is 2.20. The summed E-state index contributed by atoms with van der Waals surface area (Å²) in [6.07, 6.45) is 5.11. The third-order valence-corrected chi connectivity index (χ3v) is 2.18. The fraction of sp³-hybridized carbons (Fsp3) is 0.182. The third kappa shape index (κ3) is 1.98. The van der Waals surface area contributed by atoms with Gasteiger partial charge in [-0.25, -0.2) is 9.37 Å². The molecule has 0 aliphatic heterocycles. The van der Waals surface area contributed by atoms with Crippen molar-refractivity contribution in [2.24, 2.45) is 0 Å². The molecular weight excluding hydrogens is 195 g/mol. The largest absolute Gasteiger partial charge is 0.494 e. The maximum absolute atomic E-state index is 13.7. The van der Waals surface area contributed by atoms with Crippen molar-refractivity contribution < 1.29 is 9.13 Å². The maximum Gasteiger partial charge on any atom is 0.170 e. The molecule has 1 aromatic carbocycles. The number of benzene rings is 1. The second-order valence-corrected chi connectivity index (χ2v) is 3.17. The summed E-state index contributed by atoms with van der Waals surface area (Å²) >= 11 is 0. The first-order valence-electron chi connectivity index (χ1n) is 4.58. The van der Waals surface area contributed by atoms with Crippen LogP contribution in [0.5, 0.6) is 5.75 Å². The van der Waals surface area contributed by atoms with Crippen molar-refractivity contribution in [2.75, 3.05) is 7.11 Å². The van der Waals surface area contributed by atoms with Crippen molar-refractivity contribution in [3.05, 3.63) is 48.3 Å². The Morgan fingerprint density at radius 1 is 1.47 bits per heavy atom. The normalized spacial score (nSPS) is 10.3. The summed E-state index contributed by atoms with van der Waals surface area (Å²) in [5, 5.41) is 0. The lowest BCUT2D eigenvalue weighted by Crippen LogP contribution is -2.00. The predicted octanol–water partition coefficient (Wildman–Crippen LogP) is 2.08. The molecule has 0 unspecified atom stereocenters. The molecule has 4 heteroatoms. The smallest absolute Gasteiger partial charge is 0.170 e. The van der Waals surface area contributed by atoms with Crippen LogP contribution in [0.25, 0.3) is 0 Å². The average Bonchev–Trinajstić information content (AvgIpc) is 2.74. The zero-order valence-electron chi connectivity index (χ0n) is 8.35. The number of ether oxygens (including phenoxy) is 1. The molecule has 0 aliphatic rings. The molecule has 0 saturated heterocycles. The number of imidazole rings is 1. The standard InChI is InChI=1S/C11H11FN2O/c1-15-10-4-2-3-9(11(10)12)7-14-6-5-13-8-14/h2-6,8H,7H2,1H3. The van der Waals surface area contributed by atoms with Crippen LogP contribution in [0.15, 0.2) is 36.9 Å². The molecule has 1 aromatic heterocycles. The molecule has 0 atom stereocenters. The van der Waals surface area contributed by atoms with Crippen molar-refractivity contribution in [3.8, 4) is 5.75 Å². The lowest BCUT2D eigenvalue weighted by atomic mass is 10.2. The molecule has 0 spiro atoms. The molecular formula is C11H11FN2O. The molecule has 2 rings (SSSR count). The Labute approximate surface area is 87.1 Å². The molecule has 0 saturated carbocycles. The number of nitrogens with zero attached hydrogens (tertiary/aromatic N) is 2. The van der Waals surface area contributed by atoms with Gasteiger partial charge in [0.2, 0.25) is 0 Å². The Kier molecular flexibility index (Phi) is 2.67. The molecule has 15 heavy (non-hydrogen) atoms. The van der Waals surface area contributed by atoms with Gasteiger partial charge in [-0.2, -0.15) is 0 Å². The van der Waals surface area contributed by atoms with Crippen LogP contribution in [0.1, 0.15) is 5.56 Å². The Morgan fingerprint density at radius 2 is 2.33 bits per heavy atom.